The molecule has 0 radical (unpaired) electrons. The first kappa shape index (κ1) is 16.6. The first-order chi connectivity index (χ1) is 12.1. The number of nitrogens with two attached hydrogens (primary N) is 1. The smallest absolute Gasteiger partial charge is 0.239 e. The molecule has 3 fully saturated rings. The molecule has 0 aromatic heterocycles. The van der Waals surface area contributed by atoms with Crippen molar-refractivity contribution in [3.63, 3.8) is 0 Å². The molecule has 2 heterocycles. The van der Waals surface area contributed by atoms with Crippen molar-refractivity contribution in [2.75, 3.05) is 31.1 Å². The Morgan fingerprint density at radius 1 is 1.08 bits per heavy atom. The van der Waals surface area contributed by atoms with Gasteiger partial charge in [0.15, 0.2) is 0 Å². The largest absolute Gasteiger partial charge is 0.369 e. The third-order valence-electron chi connectivity index (χ3n) is 6.15. The van der Waals surface area contributed by atoms with Crippen molar-refractivity contribution in [1.29, 1.82) is 0 Å². The Morgan fingerprint density at radius 3 is 2.36 bits per heavy atom. The molecular weight excluding hydrogens is 314 g/mol. The number of amides is 2. The number of primary amides is 1. The van der Waals surface area contributed by atoms with Gasteiger partial charge in [0.05, 0.1) is 0 Å². The monoisotopic (exact) mass is 341 g/mol. The van der Waals surface area contributed by atoms with E-state index in [-0.39, 0.29) is 5.91 Å². The number of nitrogens with zero attached hydrogens (tertiary/aromatic N) is 2. The van der Waals surface area contributed by atoms with E-state index in [1.165, 1.54) is 50.9 Å². The molecule has 1 unspecified atom stereocenters. The van der Waals surface area contributed by atoms with E-state index in [1.807, 2.05) is 12.1 Å². The summed E-state index contributed by atoms with van der Waals surface area (Å²) < 4.78 is 0. The van der Waals surface area contributed by atoms with Gasteiger partial charge in [-0.3, -0.25) is 9.59 Å². The average Bonchev–Trinajstić information content (AvgIpc) is 3.21. The third kappa shape index (κ3) is 3.17. The maximum atomic E-state index is 12.5. The Labute approximate surface area is 149 Å². The average molecular weight is 341 g/mol. The molecule has 2 amide bonds. The minimum Gasteiger partial charge on any atom is -0.369 e. The third-order valence-corrected chi connectivity index (χ3v) is 6.15. The topological polar surface area (TPSA) is 66.6 Å². The summed E-state index contributed by atoms with van der Waals surface area (Å²) in [4.78, 5) is 28.3. The van der Waals surface area contributed by atoms with E-state index in [4.69, 9.17) is 5.73 Å². The molecule has 2 aliphatic heterocycles. The summed E-state index contributed by atoms with van der Waals surface area (Å²) in [6.45, 7) is 4.30. The second kappa shape index (κ2) is 6.45. The number of rotatable bonds is 5. The van der Waals surface area contributed by atoms with Crippen molar-refractivity contribution in [2.45, 2.75) is 43.9 Å². The fourth-order valence-electron chi connectivity index (χ4n) is 4.45. The van der Waals surface area contributed by atoms with Crippen molar-refractivity contribution in [1.82, 2.24) is 4.90 Å². The molecule has 134 valence electrons. The van der Waals surface area contributed by atoms with Crippen LogP contribution in [-0.4, -0.2) is 42.9 Å². The van der Waals surface area contributed by atoms with Gasteiger partial charge in [0.25, 0.3) is 0 Å². The van der Waals surface area contributed by atoms with E-state index >= 15 is 0 Å². The van der Waals surface area contributed by atoms with Crippen molar-refractivity contribution in [2.24, 2.45) is 11.7 Å². The van der Waals surface area contributed by atoms with Crippen LogP contribution in [0.1, 0.15) is 44.1 Å². The number of likely N-dealkylation sites (tertiary alicyclic amines) is 1. The number of anilines is 1. The molecule has 5 nitrogen and oxygen atoms in total. The molecule has 1 aliphatic carbocycles. The van der Waals surface area contributed by atoms with E-state index in [9.17, 15) is 9.59 Å². The first-order valence-corrected chi connectivity index (χ1v) is 9.53. The molecule has 25 heavy (non-hydrogen) atoms. The number of hydrogen-bond donors (Lipinski definition) is 1. The van der Waals surface area contributed by atoms with Gasteiger partial charge in [-0.1, -0.05) is 12.1 Å². The van der Waals surface area contributed by atoms with Crippen LogP contribution in [0.5, 0.6) is 0 Å². The van der Waals surface area contributed by atoms with Crippen LogP contribution < -0.4 is 10.6 Å². The van der Waals surface area contributed by atoms with Gasteiger partial charge < -0.3 is 15.5 Å². The lowest BCUT2D eigenvalue weighted by Crippen LogP contribution is -2.46. The van der Waals surface area contributed by atoms with E-state index in [2.05, 4.69) is 17.0 Å². The summed E-state index contributed by atoms with van der Waals surface area (Å²) >= 11 is 0. The fraction of sp³-hybridized carbons (Fsp3) is 0.600. The van der Waals surface area contributed by atoms with Gasteiger partial charge in [0.2, 0.25) is 11.8 Å². The van der Waals surface area contributed by atoms with Crippen molar-refractivity contribution in [3.8, 4) is 0 Å². The summed E-state index contributed by atoms with van der Waals surface area (Å²) in [6, 6.07) is 8.44. The van der Waals surface area contributed by atoms with Crippen LogP contribution >= 0.6 is 0 Å². The Kier molecular flexibility index (Phi) is 4.28. The summed E-state index contributed by atoms with van der Waals surface area (Å²) in [5, 5.41) is 0. The van der Waals surface area contributed by atoms with Crippen LogP contribution in [0.25, 0.3) is 0 Å². The van der Waals surface area contributed by atoms with Crippen LogP contribution in [-0.2, 0) is 15.0 Å². The Hall–Kier alpha value is -1.88. The molecule has 5 heteroatoms. The second-order valence-corrected chi connectivity index (χ2v) is 7.90. The lowest BCUT2D eigenvalue weighted by atomic mass is 9.93. The Bertz CT molecular complexity index is 660. The molecule has 0 spiro atoms. The molecule has 2 N–H and O–H groups in total. The quantitative estimate of drug-likeness (QED) is 0.834. The molecule has 1 aromatic rings. The van der Waals surface area contributed by atoms with Gasteiger partial charge >= 0.3 is 0 Å². The van der Waals surface area contributed by atoms with Crippen molar-refractivity contribution < 1.29 is 9.59 Å². The number of benzene rings is 1. The predicted octanol–water partition coefficient (Wildman–Crippen LogP) is 2.04. The number of hydrogen-bond acceptors (Lipinski definition) is 3. The van der Waals surface area contributed by atoms with Crippen LogP contribution in [0.3, 0.4) is 0 Å². The van der Waals surface area contributed by atoms with E-state index in [0.29, 0.717) is 18.4 Å². The minimum absolute atomic E-state index is 0.148. The summed E-state index contributed by atoms with van der Waals surface area (Å²) in [5.41, 5.74) is 7.97. The zero-order chi connectivity index (χ0) is 17.4. The molecule has 3 aliphatic rings. The summed E-state index contributed by atoms with van der Waals surface area (Å²) in [7, 11) is 0. The van der Waals surface area contributed by atoms with E-state index in [0.717, 1.165) is 12.1 Å². The molecule has 1 atom stereocenters. The molecule has 4 rings (SSSR count). The standard InChI is InChI=1S/C20H27N3O2/c21-18(24)17-4-3-13-23(19(17)25)16-7-5-15(6-8-16)20(9-10-20)14-22-11-1-2-12-22/h5-8,17H,1-4,9-14H2,(H2,21,24). The zero-order valence-electron chi connectivity index (χ0n) is 14.7. The highest BCUT2D eigenvalue weighted by Gasteiger charge is 2.45. The van der Waals surface area contributed by atoms with Gasteiger partial charge in [-0.15, -0.1) is 0 Å². The fourth-order valence-corrected chi connectivity index (χ4v) is 4.45. The lowest BCUT2D eigenvalue weighted by Gasteiger charge is -2.31. The van der Waals surface area contributed by atoms with Gasteiger partial charge in [-0.25, -0.2) is 0 Å². The summed E-state index contributed by atoms with van der Waals surface area (Å²) in [6.07, 6.45) is 6.56. The Balaban J connectivity index is 1.48. The molecule has 1 aromatic carbocycles. The van der Waals surface area contributed by atoms with Crippen LogP contribution in [0, 0.1) is 5.92 Å². The lowest BCUT2D eigenvalue weighted by molar-refractivity contribution is -0.133. The highest BCUT2D eigenvalue weighted by Crippen LogP contribution is 2.49. The zero-order valence-corrected chi connectivity index (χ0v) is 14.7. The van der Waals surface area contributed by atoms with Crippen molar-refractivity contribution in [3.05, 3.63) is 29.8 Å². The number of carbonyl (C=O) groups is 2. The van der Waals surface area contributed by atoms with Gasteiger partial charge in [0, 0.05) is 24.2 Å². The van der Waals surface area contributed by atoms with E-state index < -0.39 is 11.8 Å². The van der Waals surface area contributed by atoms with Crippen LogP contribution in [0.2, 0.25) is 0 Å². The van der Waals surface area contributed by atoms with Crippen LogP contribution in [0.4, 0.5) is 5.69 Å². The highest BCUT2D eigenvalue weighted by atomic mass is 16.2. The van der Waals surface area contributed by atoms with Crippen LogP contribution in [0.15, 0.2) is 24.3 Å². The van der Waals surface area contributed by atoms with Gasteiger partial charge in [0.1, 0.15) is 5.92 Å². The number of carbonyl (C=O) groups excluding carboxylic acids is 2. The van der Waals surface area contributed by atoms with Gasteiger partial charge in [-0.2, -0.15) is 0 Å². The maximum Gasteiger partial charge on any atom is 0.239 e. The molecule has 2 saturated heterocycles. The molecule has 0 bridgehead atoms. The highest BCUT2D eigenvalue weighted by molar-refractivity contribution is 6.07. The number of piperidine rings is 1. The van der Waals surface area contributed by atoms with Crippen molar-refractivity contribution >= 4 is 17.5 Å². The predicted molar refractivity (Wildman–Crippen MR) is 97.3 cm³/mol. The van der Waals surface area contributed by atoms with Gasteiger partial charge in [-0.05, 0) is 69.3 Å². The summed E-state index contributed by atoms with van der Waals surface area (Å²) in [5.74, 6) is -1.32. The first-order valence-electron chi connectivity index (χ1n) is 9.53. The second-order valence-electron chi connectivity index (χ2n) is 7.90. The SMILES string of the molecule is NC(=O)C1CCCN(c2ccc(C3(CN4CCCC4)CC3)cc2)C1=O. The molecule has 1 saturated carbocycles. The maximum absolute atomic E-state index is 12.5. The molecular formula is C20H27N3O2. The Morgan fingerprint density at radius 2 is 1.76 bits per heavy atom. The minimum atomic E-state index is -0.668. The normalized spacial score (nSPS) is 26.0. The van der Waals surface area contributed by atoms with E-state index in [1.54, 1.807) is 4.90 Å².